The summed E-state index contributed by atoms with van der Waals surface area (Å²) < 4.78 is 42.4. The Morgan fingerprint density at radius 1 is 1.24 bits per heavy atom. The SMILES string of the molecule is CN=C(NCCCc1nc(C)cs1)NCc1ccc(C)cc1OCC(F)(F)F.I. The summed E-state index contributed by atoms with van der Waals surface area (Å²) >= 11 is 1.65. The molecule has 0 aliphatic heterocycles. The molecule has 162 valence electrons. The third-order valence-electron chi connectivity index (χ3n) is 3.81. The van der Waals surface area contributed by atoms with Gasteiger partial charge >= 0.3 is 6.18 Å². The molecule has 0 bridgehead atoms. The van der Waals surface area contributed by atoms with Gasteiger partial charge in [0.1, 0.15) is 5.75 Å². The number of halogens is 4. The number of nitrogens with one attached hydrogen (secondary N) is 2. The molecule has 2 N–H and O–H groups in total. The summed E-state index contributed by atoms with van der Waals surface area (Å²) in [7, 11) is 1.65. The standard InChI is InChI=1S/C19H25F3N4OS.HI/c1-13-6-7-15(16(9-13)27-12-19(20,21)22)10-25-18(23-3)24-8-4-5-17-26-14(2)11-28-17;/h6-7,9,11H,4-5,8,10,12H2,1-3H3,(H2,23,24,25);1H. The van der Waals surface area contributed by atoms with E-state index in [1.807, 2.05) is 25.3 Å². The highest BCUT2D eigenvalue weighted by atomic mass is 127. The number of guanidine groups is 1. The minimum Gasteiger partial charge on any atom is -0.484 e. The summed E-state index contributed by atoms with van der Waals surface area (Å²) in [5.41, 5.74) is 2.50. The van der Waals surface area contributed by atoms with E-state index in [4.69, 9.17) is 4.74 Å². The highest BCUT2D eigenvalue weighted by Gasteiger charge is 2.28. The number of benzene rings is 1. The molecule has 10 heteroatoms. The molecule has 0 spiro atoms. The Hall–Kier alpha value is -1.56. The van der Waals surface area contributed by atoms with E-state index < -0.39 is 12.8 Å². The number of aryl methyl sites for hydroxylation is 3. The molecule has 0 aliphatic carbocycles. The van der Waals surface area contributed by atoms with Gasteiger partial charge in [-0.1, -0.05) is 12.1 Å². The van der Waals surface area contributed by atoms with E-state index in [2.05, 4.69) is 20.6 Å². The zero-order valence-corrected chi connectivity index (χ0v) is 19.7. The maximum Gasteiger partial charge on any atom is 0.422 e. The van der Waals surface area contributed by atoms with E-state index >= 15 is 0 Å². The van der Waals surface area contributed by atoms with Crippen molar-refractivity contribution < 1.29 is 17.9 Å². The van der Waals surface area contributed by atoms with Gasteiger partial charge < -0.3 is 15.4 Å². The number of aromatic nitrogens is 1. The number of alkyl halides is 3. The van der Waals surface area contributed by atoms with Crippen LogP contribution in [0.25, 0.3) is 0 Å². The van der Waals surface area contributed by atoms with Crippen molar-refractivity contribution in [3.63, 3.8) is 0 Å². The molecular formula is C19H26F3IN4OS. The Balaban J connectivity index is 0.00000420. The van der Waals surface area contributed by atoms with Gasteiger partial charge in [0.05, 0.1) is 5.01 Å². The number of aliphatic imine (C=N–C) groups is 1. The summed E-state index contributed by atoms with van der Waals surface area (Å²) in [4.78, 5) is 8.57. The fourth-order valence-electron chi connectivity index (χ4n) is 2.47. The van der Waals surface area contributed by atoms with Gasteiger partial charge in [0.2, 0.25) is 0 Å². The quantitative estimate of drug-likeness (QED) is 0.221. The second-order valence-electron chi connectivity index (χ2n) is 6.35. The van der Waals surface area contributed by atoms with Gasteiger partial charge in [-0.3, -0.25) is 4.99 Å². The fourth-order valence-corrected chi connectivity index (χ4v) is 3.28. The second-order valence-corrected chi connectivity index (χ2v) is 7.30. The highest BCUT2D eigenvalue weighted by Crippen LogP contribution is 2.23. The Morgan fingerprint density at radius 3 is 2.62 bits per heavy atom. The van der Waals surface area contributed by atoms with Crippen molar-refractivity contribution in [3.8, 4) is 5.75 Å². The summed E-state index contributed by atoms with van der Waals surface area (Å²) in [6.45, 7) is 3.49. The Kier molecular flexibility index (Phi) is 10.7. The smallest absolute Gasteiger partial charge is 0.422 e. The van der Waals surface area contributed by atoms with Crippen LogP contribution in [0.5, 0.6) is 5.75 Å². The zero-order chi connectivity index (χ0) is 20.6. The van der Waals surface area contributed by atoms with Crippen molar-refractivity contribution in [2.75, 3.05) is 20.2 Å². The molecule has 0 unspecified atom stereocenters. The van der Waals surface area contributed by atoms with Gasteiger partial charge in [-0.25, -0.2) is 4.98 Å². The number of thiazole rings is 1. The molecule has 2 rings (SSSR count). The molecule has 1 aromatic carbocycles. The van der Waals surface area contributed by atoms with Crippen molar-refractivity contribution in [1.82, 2.24) is 15.6 Å². The summed E-state index contributed by atoms with van der Waals surface area (Å²) in [6.07, 6.45) is -2.59. The van der Waals surface area contributed by atoms with Gasteiger partial charge in [0, 0.05) is 43.2 Å². The lowest BCUT2D eigenvalue weighted by molar-refractivity contribution is -0.153. The van der Waals surface area contributed by atoms with Crippen LogP contribution in [0.2, 0.25) is 0 Å². The van der Waals surface area contributed by atoms with Crippen molar-refractivity contribution in [3.05, 3.63) is 45.4 Å². The van der Waals surface area contributed by atoms with Crippen molar-refractivity contribution in [2.45, 2.75) is 39.4 Å². The van der Waals surface area contributed by atoms with Gasteiger partial charge in [-0.2, -0.15) is 13.2 Å². The first kappa shape index (κ1) is 25.5. The molecule has 0 amide bonds. The molecule has 0 radical (unpaired) electrons. The minimum absolute atomic E-state index is 0. The Bertz CT molecular complexity index is 796. The summed E-state index contributed by atoms with van der Waals surface area (Å²) in [6, 6.07) is 5.20. The molecular weight excluding hydrogens is 516 g/mol. The predicted molar refractivity (Wildman–Crippen MR) is 122 cm³/mol. The number of hydrogen-bond donors (Lipinski definition) is 2. The van der Waals surface area contributed by atoms with Gasteiger partial charge in [0.15, 0.2) is 12.6 Å². The molecule has 0 fully saturated rings. The van der Waals surface area contributed by atoms with Crippen LogP contribution in [0.3, 0.4) is 0 Å². The Labute approximate surface area is 190 Å². The lowest BCUT2D eigenvalue weighted by atomic mass is 10.1. The van der Waals surface area contributed by atoms with Gasteiger partial charge in [-0.05, 0) is 31.9 Å². The molecule has 2 aromatic rings. The minimum atomic E-state index is -4.37. The lowest BCUT2D eigenvalue weighted by Gasteiger charge is -2.16. The second kappa shape index (κ2) is 12.2. The number of nitrogens with zero attached hydrogens (tertiary/aromatic N) is 2. The number of hydrogen-bond acceptors (Lipinski definition) is 4. The normalized spacial score (nSPS) is 11.7. The third-order valence-corrected chi connectivity index (χ3v) is 4.84. The van der Waals surface area contributed by atoms with E-state index in [9.17, 15) is 13.2 Å². The molecule has 0 saturated carbocycles. The van der Waals surface area contributed by atoms with Crippen LogP contribution in [0.4, 0.5) is 13.2 Å². The lowest BCUT2D eigenvalue weighted by Crippen LogP contribution is -2.37. The fraction of sp³-hybridized carbons (Fsp3) is 0.474. The van der Waals surface area contributed by atoms with Gasteiger partial charge in [-0.15, -0.1) is 35.3 Å². The maximum atomic E-state index is 12.5. The summed E-state index contributed by atoms with van der Waals surface area (Å²) in [5.74, 6) is 0.803. The predicted octanol–water partition coefficient (Wildman–Crippen LogP) is 4.62. The molecule has 0 aliphatic rings. The largest absolute Gasteiger partial charge is 0.484 e. The first-order valence-electron chi connectivity index (χ1n) is 8.91. The molecule has 29 heavy (non-hydrogen) atoms. The van der Waals surface area contributed by atoms with E-state index in [-0.39, 0.29) is 29.7 Å². The van der Waals surface area contributed by atoms with Crippen molar-refractivity contribution >= 4 is 41.3 Å². The summed E-state index contributed by atoms with van der Waals surface area (Å²) in [5, 5.41) is 9.44. The van der Waals surface area contributed by atoms with E-state index in [1.54, 1.807) is 30.5 Å². The average molecular weight is 542 g/mol. The van der Waals surface area contributed by atoms with Crippen LogP contribution in [0, 0.1) is 13.8 Å². The van der Waals surface area contributed by atoms with E-state index in [0.717, 1.165) is 29.1 Å². The van der Waals surface area contributed by atoms with Crippen LogP contribution < -0.4 is 15.4 Å². The van der Waals surface area contributed by atoms with Gasteiger partial charge in [0.25, 0.3) is 0 Å². The van der Waals surface area contributed by atoms with Crippen LogP contribution >= 0.6 is 35.3 Å². The van der Waals surface area contributed by atoms with Crippen molar-refractivity contribution in [1.29, 1.82) is 0 Å². The van der Waals surface area contributed by atoms with E-state index in [1.165, 1.54) is 0 Å². The first-order chi connectivity index (χ1) is 13.3. The third kappa shape index (κ3) is 9.66. The molecule has 1 aromatic heterocycles. The van der Waals surface area contributed by atoms with Crippen LogP contribution in [-0.2, 0) is 13.0 Å². The number of rotatable bonds is 8. The monoisotopic (exact) mass is 542 g/mol. The van der Waals surface area contributed by atoms with Crippen LogP contribution in [0.15, 0.2) is 28.6 Å². The van der Waals surface area contributed by atoms with Crippen LogP contribution in [-0.4, -0.2) is 37.3 Å². The molecule has 0 atom stereocenters. The number of ether oxygens (including phenoxy) is 1. The zero-order valence-electron chi connectivity index (χ0n) is 16.6. The van der Waals surface area contributed by atoms with E-state index in [0.29, 0.717) is 24.6 Å². The molecule has 1 heterocycles. The molecule has 5 nitrogen and oxygen atoms in total. The molecule has 0 saturated heterocycles. The Morgan fingerprint density at radius 2 is 2.00 bits per heavy atom. The van der Waals surface area contributed by atoms with Crippen LogP contribution in [0.1, 0.15) is 28.2 Å². The maximum absolute atomic E-state index is 12.5. The topological polar surface area (TPSA) is 58.5 Å². The average Bonchev–Trinajstić information content (AvgIpc) is 3.05. The first-order valence-corrected chi connectivity index (χ1v) is 9.79. The highest BCUT2D eigenvalue weighted by molar-refractivity contribution is 14.0. The van der Waals surface area contributed by atoms with Crippen molar-refractivity contribution in [2.24, 2.45) is 4.99 Å².